The number of hydrogen-bond donors (Lipinski definition) is 2. The molecular weight excluding hydrogens is 273 g/mol. The molecule has 2 rings (SSSR count). The Balaban J connectivity index is 2.14. The fraction of sp³-hybridized carbons (Fsp3) is 0.182. The second-order valence-electron chi connectivity index (χ2n) is 3.76. The van der Waals surface area contributed by atoms with Gasteiger partial charge in [0.1, 0.15) is 11.5 Å². The predicted molar refractivity (Wildman–Crippen MR) is 67.2 cm³/mol. The van der Waals surface area contributed by atoms with E-state index in [2.05, 4.69) is 15.6 Å². The molecule has 0 saturated carbocycles. The van der Waals surface area contributed by atoms with Crippen LogP contribution in [0.4, 0.5) is 4.39 Å². The molecule has 0 aliphatic heterocycles. The molecule has 0 aliphatic carbocycles. The van der Waals surface area contributed by atoms with Gasteiger partial charge in [-0.1, -0.05) is 16.8 Å². The number of hydrogen-bond acceptors (Lipinski definition) is 4. The normalized spacial score (nSPS) is 10.5. The van der Waals surface area contributed by atoms with Gasteiger partial charge >= 0.3 is 0 Å². The number of rotatable bonds is 4. The lowest BCUT2D eigenvalue weighted by Crippen LogP contribution is -2.29. The minimum absolute atomic E-state index is 0.0896. The molecule has 1 heterocycles. The molecule has 8 heteroatoms. The van der Waals surface area contributed by atoms with E-state index in [1.165, 1.54) is 16.8 Å². The second-order valence-corrected chi connectivity index (χ2v) is 4.20. The van der Waals surface area contributed by atoms with Crippen molar-refractivity contribution >= 4 is 17.5 Å². The highest BCUT2D eigenvalue weighted by Crippen LogP contribution is 2.16. The molecule has 1 amide bonds. The van der Waals surface area contributed by atoms with Crippen LogP contribution in [0.25, 0.3) is 5.69 Å². The molecule has 0 radical (unpaired) electrons. The summed E-state index contributed by atoms with van der Waals surface area (Å²) >= 11 is 5.76. The van der Waals surface area contributed by atoms with Crippen LogP contribution < -0.4 is 11.1 Å². The zero-order chi connectivity index (χ0) is 13.8. The van der Waals surface area contributed by atoms with Crippen LogP contribution in [0.5, 0.6) is 0 Å². The molecular formula is C11H11ClFN5O. The van der Waals surface area contributed by atoms with Crippen molar-refractivity contribution in [2.75, 3.05) is 6.54 Å². The molecule has 2 aromatic rings. The van der Waals surface area contributed by atoms with E-state index in [-0.39, 0.29) is 24.0 Å². The van der Waals surface area contributed by atoms with E-state index in [9.17, 15) is 9.18 Å². The molecule has 0 fully saturated rings. The summed E-state index contributed by atoms with van der Waals surface area (Å²) in [4.78, 5) is 11.0. The summed E-state index contributed by atoms with van der Waals surface area (Å²) in [6.07, 6.45) is 1.57. The Morgan fingerprint density at radius 3 is 2.95 bits per heavy atom. The van der Waals surface area contributed by atoms with Gasteiger partial charge in [0.2, 0.25) is 5.91 Å². The minimum atomic E-state index is -0.462. The standard InChI is InChI=1S/C11H11ClFN5O/c12-7-1-8(13)3-10(2-7)18-6-9(16-17-18)5-15-11(19)4-14/h1-3,6H,4-5,14H2,(H,15,19). The van der Waals surface area contributed by atoms with Gasteiger partial charge in [-0.15, -0.1) is 5.10 Å². The van der Waals surface area contributed by atoms with Crippen LogP contribution in [0.2, 0.25) is 5.02 Å². The Labute approximate surface area is 113 Å². The minimum Gasteiger partial charge on any atom is -0.349 e. The number of nitrogens with one attached hydrogen (secondary N) is 1. The van der Waals surface area contributed by atoms with Crippen molar-refractivity contribution in [3.63, 3.8) is 0 Å². The van der Waals surface area contributed by atoms with Gasteiger partial charge < -0.3 is 11.1 Å². The van der Waals surface area contributed by atoms with Gasteiger partial charge in [0.15, 0.2) is 0 Å². The predicted octanol–water partition coefficient (Wildman–Crippen LogP) is 0.635. The Morgan fingerprint density at radius 2 is 2.26 bits per heavy atom. The molecule has 19 heavy (non-hydrogen) atoms. The molecule has 0 unspecified atom stereocenters. The SMILES string of the molecule is NCC(=O)NCc1cn(-c2cc(F)cc(Cl)c2)nn1. The largest absolute Gasteiger partial charge is 0.349 e. The summed E-state index contributed by atoms with van der Waals surface area (Å²) in [5, 5.41) is 10.5. The smallest absolute Gasteiger partial charge is 0.234 e. The van der Waals surface area contributed by atoms with Crippen molar-refractivity contribution in [3.8, 4) is 5.69 Å². The lowest BCUT2D eigenvalue weighted by atomic mass is 10.3. The first-order valence-corrected chi connectivity index (χ1v) is 5.81. The van der Waals surface area contributed by atoms with E-state index in [4.69, 9.17) is 17.3 Å². The van der Waals surface area contributed by atoms with Crippen molar-refractivity contribution in [2.24, 2.45) is 5.73 Å². The zero-order valence-corrected chi connectivity index (χ0v) is 10.6. The lowest BCUT2D eigenvalue weighted by Gasteiger charge is -2.01. The van der Waals surface area contributed by atoms with E-state index < -0.39 is 5.82 Å². The molecule has 3 N–H and O–H groups in total. The van der Waals surface area contributed by atoms with Crippen LogP contribution in [-0.2, 0) is 11.3 Å². The average molecular weight is 284 g/mol. The molecule has 0 spiro atoms. The first kappa shape index (κ1) is 13.4. The molecule has 1 aromatic carbocycles. The topological polar surface area (TPSA) is 85.8 Å². The fourth-order valence-corrected chi connectivity index (χ4v) is 1.65. The van der Waals surface area contributed by atoms with Gasteiger partial charge in [0.25, 0.3) is 0 Å². The Kier molecular flexibility index (Phi) is 4.08. The Morgan fingerprint density at radius 1 is 1.47 bits per heavy atom. The number of carbonyl (C=O) groups is 1. The highest BCUT2D eigenvalue weighted by atomic mass is 35.5. The van der Waals surface area contributed by atoms with Crippen molar-refractivity contribution < 1.29 is 9.18 Å². The summed E-state index contributed by atoms with van der Waals surface area (Å²) in [6.45, 7) is 0.118. The van der Waals surface area contributed by atoms with Crippen LogP contribution in [0.1, 0.15) is 5.69 Å². The van der Waals surface area contributed by atoms with E-state index in [1.807, 2.05) is 0 Å². The third kappa shape index (κ3) is 3.49. The monoisotopic (exact) mass is 283 g/mol. The molecule has 0 atom stereocenters. The second kappa shape index (κ2) is 5.77. The van der Waals surface area contributed by atoms with Crippen LogP contribution in [-0.4, -0.2) is 27.4 Å². The molecule has 0 bridgehead atoms. The van der Waals surface area contributed by atoms with Gasteiger partial charge in [0, 0.05) is 5.02 Å². The van der Waals surface area contributed by atoms with Gasteiger partial charge in [0.05, 0.1) is 25.0 Å². The van der Waals surface area contributed by atoms with Crippen LogP contribution in [0, 0.1) is 5.82 Å². The van der Waals surface area contributed by atoms with Gasteiger partial charge in [-0.2, -0.15) is 0 Å². The maximum Gasteiger partial charge on any atom is 0.234 e. The Hall–Kier alpha value is -1.99. The quantitative estimate of drug-likeness (QED) is 0.862. The summed E-state index contributed by atoms with van der Waals surface area (Å²) in [5.74, 6) is -0.751. The van der Waals surface area contributed by atoms with Crippen LogP contribution in [0.3, 0.4) is 0 Å². The maximum absolute atomic E-state index is 13.2. The molecule has 1 aromatic heterocycles. The first-order valence-electron chi connectivity index (χ1n) is 5.43. The number of halogens is 2. The van der Waals surface area contributed by atoms with Crippen molar-refractivity contribution in [2.45, 2.75) is 6.54 Å². The number of nitrogens with two attached hydrogens (primary N) is 1. The molecule has 6 nitrogen and oxygen atoms in total. The summed E-state index contributed by atoms with van der Waals surface area (Å²) in [7, 11) is 0. The number of carbonyl (C=O) groups excluding carboxylic acids is 1. The Bertz CT molecular complexity index is 580. The molecule has 0 saturated heterocycles. The van der Waals surface area contributed by atoms with Crippen LogP contribution in [0.15, 0.2) is 24.4 Å². The summed E-state index contributed by atoms with van der Waals surface area (Å²) in [6, 6.07) is 4.04. The third-order valence-electron chi connectivity index (χ3n) is 2.30. The van der Waals surface area contributed by atoms with Gasteiger partial charge in [-0.3, -0.25) is 4.79 Å². The number of benzene rings is 1. The van der Waals surface area contributed by atoms with E-state index in [1.54, 1.807) is 12.3 Å². The molecule has 100 valence electrons. The van der Waals surface area contributed by atoms with E-state index >= 15 is 0 Å². The third-order valence-corrected chi connectivity index (χ3v) is 2.52. The highest BCUT2D eigenvalue weighted by Gasteiger charge is 2.06. The fourth-order valence-electron chi connectivity index (χ4n) is 1.44. The summed E-state index contributed by atoms with van der Waals surface area (Å²) < 4.78 is 14.6. The van der Waals surface area contributed by atoms with Crippen LogP contribution >= 0.6 is 11.6 Å². The highest BCUT2D eigenvalue weighted by molar-refractivity contribution is 6.30. The van der Waals surface area contributed by atoms with E-state index in [0.717, 1.165) is 0 Å². The number of nitrogens with zero attached hydrogens (tertiary/aromatic N) is 3. The number of amides is 1. The average Bonchev–Trinajstić information content (AvgIpc) is 2.83. The van der Waals surface area contributed by atoms with Crippen molar-refractivity contribution in [1.82, 2.24) is 20.3 Å². The number of aromatic nitrogens is 3. The van der Waals surface area contributed by atoms with E-state index in [0.29, 0.717) is 11.4 Å². The first-order chi connectivity index (χ1) is 9.08. The summed E-state index contributed by atoms with van der Waals surface area (Å²) in [5.41, 5.74) is 6.14. The van der Waals surface area contributed by atoms with Gasteiger partial charge in [-0.25, -0.2) is 9.07 Å². The maximum atomic E-state index is 13.2. The van der Waals surface area contributed by atoms with Crippen molar-refractivity contribution in [3.05, 3.63) is 40.9 Å². The zero-order valence-electron chi connectivity index (χ0n) is 9.81. The molecule has 0 aliphatic rings. The van der Waals surface area contributed by atoms with Gasteiger partial charge in [-0.05, 0) is 18.2 Å². The lowest BCUT2D eigenvalue weighted by molar-refractivity contribution is -0.119. The van der Waals surface area contributed by atoms with Crippen molar-refractivity contribution in [1.29, 1.82) is 0 Å².